The van der Waals surface area contributed by atoms with Gasteiger partial charge in [-0.3, -0.25) is 4.79 Å². The summed E-state index contributed by atoms with van der Waals surface area (Å²) in [4.78, 5) is 20.6. The quantitative estimate of drug-likeness (QED) is 0.692. The Bertz CT molecular complexity index is 879. The van der Waals surface area contributed by atoms with Gasteiger partial charge in [-0.1, -0.05) is 59.6 Å². The third-order valence-corrected chi connectivity index (χ3v) is 4.25. The Morgan fingerprint density at radius 2 is 1.69 bits per heavy atom. The number of benzene rings is 2. The van der Waals surface area contributed by atoms with Gasteiger partial charge in [-0.15, -0.1) is 0 Å². The van der Waals surface area contributed by atoms with Crippen LogP contribution < -0.4 is 10.6 Å². The second-order valence-electron chi connectivity index (χ2n) is 5.91. The molecule has 0 aliphatic rings. The van der Waals surface area contributed by atoms with Crippen molar-refractivity contribution >= 4 is 23.5 Å². The average molecular weight is 367 g/mol. The van der Waals surface area contributed by atoms with E-state index in [0.717, 1.165) is 11.1 Å². The molecule has 132 valence electrons. The maximum atomic E-state index is 12.2. The van der Waals surface area contributed by atoms with Crippen LogP contribution in [0.4, 0.5) is 5.95 Å². The fourth-order valence-corrected chi connectivity index (χ4v) is 2.55. The lowest BCUT2D eigenvalue weighted by Crippen LogP contribution is -2.23. The number of hydrogen-bond acceptors (Lipinski definition) is 4. The van der Waals surface area contributed by atoms with E-state index < -0.39 is 0 Å². The number of aryl methyl sites for hydroxylation is 1. The third kappa shape index (κ3) is 4.80. The molecular formula is C20H19ClN4O. The van der Waals surface area contributed by atoms with E-state index in [0.29, 0.717) is 29.6 Å². The Labute approximate surface area is 157 Å². The lowest BCUT2D eigenvalue weighted by Gasteiger charge is -2.08. The van der Waals surface area contributed by atoms with Crippen molar-refractivity contribution < 1.29 is 4.79 Å². The molecule has 0 aliphatic carbocycles. The number of rotatable bonds is 6. The van der Waals surface area contributed by atoms with Crippen molar-refractivity contribution in [3.05, 3.63) is 88.2 Å². The predicted octanol–water partition coefficient (Wildman–Crippen LogP) is 3.98. The number of nitrogens with zero attached hydrogens (tertiary/aromatic N) is 2. The third-order valence-electron chi connectivity index (χ3n) is 3.88. The minimum Gasteiger partial charge on any atom is -0.350 e. The summed E-state index contributed by atoms with van der Waals surface area (Å²) in [6.45, 7) is 3.03. The maximum absolute atomic E-state index is 12.2. The number of carbonyl (C=O) groups excluding carboxylic acids is 1. The van der Waals surface area contributed by atoms with Crippen molar-refractivity contribution in [3.63, 3.8) is 0 Å². The molecule has 2 N–H and O–H groups in total. The fraction of sp³-hybridized carbons (Fsp3) is 0.150. The van der Waals surface area contributed by atoms with E-state index in [1.165, 1.54) is 18.0 Å². The summed E-state index contributed by atoms with van der Waals surface area (Å²) in [6.07, 6.45) is 3.01. The molecule has 1 aromatic heterocycles. The highest BCUT2D eigenvalue weighted by molar-refractivity contribution is 6.31. The largest absolute Gasteiger partial charge is 0.350 e. The minimum atomic E-state index is -0.241. The average Bonchev–Trinajstić information content (AvgIpc) is 2.67. The molecule has 0 spiro atoms. The first-order chi connectivity index (χ1) is 12.6. The minimum absolute atomic E-state index is 0.241. The molecule has 0 radical (unpaired) electrons. The molecule has 0 bridgehead atoms. The Hall–Kier alpha value is -2.92. The molecule has 0 unspecified atom stereocenters. The smallest absolute Gasteiger partial charge is 0.254 e. The van der Waals surface area contributed by atoms with E-state index in [4.69, 9.17) is 11.6 Å². The van der Waals surface area contributed by atoms with Crippen LogP contribution in [-0.2, 0) is 13.1 Å². The molecular weight excluding hydrogens is 348 g/mol. The number of amides is 1. The van der Waals surface area contributed by atoms with Crippen LogP contribution in [0.3, 0.4) is 0 Å². The highest BCUT2D eigenvalue weighted by atomic mass is 35.5. The van der Waals surface area contributed by atoms with Gasteiger partial charge in [-0.05, 0) is 24.1 Å². The molecule has 1 heterocycles. The summed E-state index contributed by atoms with van der Waals surface area (Å²) < 4.78 is 0. The van der Waals surface area contributed by atoms with Gasteiger partial charge in [0.15, 0.2) is 0 Å². The topological polar surface area (TPSA) is 66.9 Å². The molecule has 26 heavy (non-hydrogen) atoms. The number of nitrogens with one attached hydrogen (secondary N) is 2. The molecule has 0 atom stereocenters. The first kappa shape index (κ1) is 17.9. The molecule has 1 amide bonds. The molecule has 0 aliphatic heterocycles. The van der Waals surface area contributed by atoms with Crippen molar-refractivity contribution in [1.82, 2.24) is 15.3 Å². The molecule has 0 saturated carbocycles. The zero-order valence-electron chi connectivity index (χ0n) is 14.4. The van der Waals surface area contributed by atoms with Gasteiger partial charge in [0.25, 0.3) is 5.91 Å². The number of halogens is 1. The lowest BCUT2D eigenvalue weighted by molar-refractivity contribution is 0.0950. The molecule has 3 rings (SSSR count). The zero-order valence-corrected chi connectivity index (χ0v) is 15.1. The Balaban J connectivity index is 1.54. The van der Waals surface area contributed by atoms with Gasteiger partial charge in [-0.2, -0.15) is 0 Å². The van der Waals surface area contributed by atoms with Gasteiger partial charge in [-0.25, -0.2) is 9.97 Å². The van der Waals surface area contributed by atoms with Gasteiger partial charge in [0.2, 0.25) is 5.95 Å². The number of anilines is 1. The summed E-state index contributed by atoms with van der Waals surface area (Å²) >= 11 is 6.08. The van der Waals surface area contributed by atoms with E-state index in [1.807, 2.05) is 18.2 Å². The van der Waals surface area contributed by atoms with Crippen molar-refractivity contribution in [2.45, 2.75) is 20.0 Å². The van der Waals surface area contributed by atoms with Crippen molar-refractivity contribution in [2.75, 3.05) is 5.32 Å². The van der Waals surface area contributed by atoms with E-state index in [1.54, 1.807) is 6.07 Å². The van der Waals surface area contributed by atoms with E-state index in [2.05, 4.69) is 51.8 Å². The standard InChI is InChI=1S/C20H19ClN4O/c1-14-6-8-15(9-7-14)10-23-20-24-12-17(13-25-20)19(26)22-11-16-4-2-3-5-18(16)21/h2-9,12-13H,10-11H2,1H3,(H,22,26)(H,23,24,25). The Morgan fingerprint density at radius 1 is 1.00 bits per heavy atom. The van der Waals surface area contributed by atoms with Crippen molar-refractivity contribution in [1.29, 1.82) is 0 Å². The summed E-state index contributed by atoms with van der Waals surface area (Å²) in [7, 11) is 0. The molecule has 6 heteroatoms. The molecule has 0 fully saturated rings. The van der Waals surface area contributed by atoms with Crippen LogP contribution in [0.5, 0.6) is 0 Å². The van der Waals surface area contributed by atoms with Crippen LogP contribution in [0, 0.1) is 6.92 Å². The van der Waals surface area contributed by atoms with E-state index >= 15 is 0 Å². The highest BCUT2D eigenvalue weighted by Gasteiger charge is 2.08. The van der Waals surface area contributed by atoms with Gasteiger partial charge < -0.3 is 10.6 Å². The first-order valence-electron chi connectivity index (χ1n) is 8.25. The second kappa shape index (κ2) is 8.45. The lowest BCUT2D eigenvalue weighted by atomic mass is 10.1. The SMILES string of the molecule is Cc1ccc(CNc2ncc(C(=O)NCc3ccccc3Cl)cn2)cc1. The van der Waals surface area contributed by atoms with Crippen LogP contribution >= 0.6 is 11.6 Å². The van der Waals surface area contributed by atoms with Crippen LogP contribution in [-0.4, -0.2) is 15.9 Å². The van der Waals surface area contributed by atoms with E-state index in [9.17, 15) is 4.79 Å². The van der Waals surface area contributed by atoms with Crippen LogP contribution in [0.1, 0.15) is 27.0 Å². The van der Waals surface area contributed by atoms with Crippen LogP contribution in [0.25, 0.3) is 0 Å². The monoisotopic (exact) mass is 366 g/mol. The summed E-state index contributed by atoms with van der Waals surface area (Å²) in [5, 5.41) is 6.58. The number of aromatic nitrogens is 2. The molecule has 3 aromatic rings. The first-order valence-corrected chi connectivity index (χ1v) is 8.62. The van der Waals surface area contributed by atoms with E-state index in [-0.39, 0.29) is 5.91 Å². The van der Waals surface area contributed by atoms with Crippen molar-refractivity contribution in [2.24, 2.45) is 0 Å². The Kier molecular flexibility index (Phi) is 5.81. The summed E-state index contributed by atoms with van der Waals surface area (Å²) in [5.41, 5.74) is 3.62. The fourth-order valence-electron chi connectivity index (χ4n) is 2.34. The molecule has 2 aromatic carbocycles. The van der Waals surface area contributed by atoms with Crippen LogP contribution in [0.15, 0.2) is 60.9 Å². The van der Waals surface area contributed by atoms with Crippen LogP contribution in [0.2, 0.25) is 5.02 Å². The number of carbonyl (C=O) groups is 1. The van der Waals surface area contributed by atoms with Crippen molar-refractivity contribution in [3.8, 4) is 0 Å². The zero-order chi connectivity index (χ0) is 18.4. The normalized spacial score (nSPS) is 10.4. The highest BCUT2D eigenvalue weighted by Crippen LogP contribution is 2.14. The second-order valence-corrected chi connectivity index (χ2v) is 6.32. The van der Waals surface area contributed by atoms with Gasteiger partial charge in [0.05, 0.1) is 5.56 Å². The predicted molar refractivity (Wildman–Crippen MR) is 103 cm³/mol. The summed E-state index contributed by atoms with van der Waals surface area (Å²) in [6, 6.07) is 15.6. The van der Waals surface area contributed by atoms with Gasteiger partial charge >= 0.3 is 0 Å². The molecule has 0 saturated heterocycles. The molecule has 5 nitrogen and oxygen atoms in total. The maximum Gasteiger partial charge on any atom is 0.254 e. The Morgan fingerprint density at radius 3 is 2.38 bits per heavy atom. The van der Waals surface area contributed by atoms with Gasteiger partial charge in [0, 0.05) is 30.5 Å². The van der Waals surface area contributed by atoms with Gasteiger partial charge in [0.1, 0.15) is 0 Å². The summed E-state index contributed by atoms with van der Waals surface area (Å²) in [5.74, 6) is 0.239. The number of hydrogen-bond donors (Lipinski definition) is 2.